The second-order valence-electron chi connectivity index (χ2n) is 4.34. The van der Waals surface area contributed by atoms with Gasteiger partial charge in [-0.3, -0.25) is 4.40 Å². The summed E-state index contributed by atoms with van der Waals surface area (Å²) in [6, 6.07) is 0. The molecule has 0 aromatic carbocycles. The average Bonchev–Trinajstić information content (AvgIpc) is 2.73. The Morgan fingerprint density at radius 2 is 2.53 bits per heavy atom. The van der Waals surface area contributed by atoms with Gasteiger partial charge in [-0.05, 0) is 25.2 Å². The van der Waals surface area contributed by atoms with Crippen LogP contribution in [0.3, 0.4) is 0 Å². The molecule has 1 unspecified atom stereocenters. The topological polar surface area (TPSA) is 17.3 Å². The van der Waals surface area contributed by atoms with Gasteiger partial charge < -0.3 is 0 Å². The number of hydrogen-bond donors (Lipinski definition) is 0. The normalized spacial score (nSPS) is 20.8. The van der Waals surface area contributed by atoms with E-state index in [1.54, 1.807) is 0 Å². The van der Waals surface area contributed by atoms with E-state index < -0.39 is 0 Å². The van der Waals surface area contributed by atoms with E-state index >= 15 is 0 Å². The maximum absolute atomic E-state index is 5.79. The number of fused-ring (bicyclic) bond motifs is 3. The number of nitrogens with zero attached hydrogens (tertiary/aromatic N) is 2. The van der Waals surface area contributed by atoms with E-state index in [2.05, 4.69) is 22.5 Å². The van der Waals surface area contributed by atoms with Gasteiger partial charge in [-0.15, -0.1) is 22.9 Å². The quantitative estimate of drug-likeness (QED) is 0.700. The zero-order valence-electron chi connectivity index (χ0n) is 8.66. The fraction of sp³-hybridized carbons (Fsp3) is 0.545. The van der Waals surface area contributed by atoms with E-state index in [1.165, 1.54) is 29.8 Å². The minimum absolute atomic E-state index is 0.513. The van der Waals surface area contributed by atoms with Gasteiger partial charge in [0.1, 0.15) is 0 Å². The van der Waals surface area contributed by atoms with E-state index in [0.717, 1.165) is 16.6 Å². The number of aryl methyl sites for hydroxylation is 1. The standard InChI is InChI=1S/C11H13ClN2S/c1-7-2-3-9-10(4-7)15-11-13-8(5-12)6-14(9)11/h6-7H,2-5H2,1H3. The molecule has 2 aromatic heterocycles. The Labute approximate surface area is 97.9 Å². The third-order valence-electron chi connectivity index (χ3n) is 3.10. The SMILES string of the molecule is CC1CCc2c(sc3nc(CCl)cn23)C1. The molecule has 0 fully saturated rings. The zero-order valence-corrected chi connectivity index (χ0v) is 10.2. The lowest BCUT2D eigenvalue weighted by molar-refractivity contribution is 0.499. The molecule has 2 aromatic rings. The summed E-state index contributed by atoms with van der Waals surface area (Å²) in [5, 5.41) is 0. The molecule has 3 rings (SSSR count). The molecule has 2 nitrogen and oxygen atoms in total. The molecule has 0 saturated heterocycles. The van der Waals surface area contributed by atoms with Gasteiger partial charge in [-0.1, -0.05) is 6.92 Å². The molecule has 0 spiro atoms. The van der Waals surface area contributed by atoms with Crippen LogP contribution in [-0.2, 0) is 18.7 Å². The first-order valence-electron chi connectivity index (χ1n) is 5.32. The predicted octanol–water partition coefficient (Wildman–Crippen LogP) is 3.26. The number of hydrogen-bond acceptors (Lipinski definition) is 2. The highest BCUT2D eigenvalue weighted by Crippen LogP contribution is 2.32. The summed E-state index contributed by atoms with van der Waals surface area (Å²) in [5.41, 5.74) is 2.46. The van der Waals surface area contributed by atoms with E-state index in [9.17, 15) is 0 Å². The van der Waals surface area contributed by atoms with Gasteiger partial charge in [0.05, 0.1) is 11.6 Å². The van der Waals surface area contributed by atoms with Gasteiger partial charge in [0.2, 0.25) is 0 Å². The van der Waals surface area contributed by atoms with Crippen LogP contribution in [0, 0.1) is 5.92 Å². The summed E-state index contributed by atoms with van der Waals surface area (Å²) in [6.07, 6.45) is 5.80. The first kappa shape index (κ1) is 9.67. The molecule has 1 aliphatic carbocycles. The number of imidazole rings is 1. The lowest BCUT2D eigenvalue weighted by Gasteiger charge is -2.17. The molecule has 0 N–H and O–H groups in total. The minimum Gasteiger partial charge on any atom is -0.294 e. The van der Waals surface area contributed by atoms with Crippen LogP contribution in [0.2, 0.25) is 0 Å². The maximum atomic E-state index is 5.79. The van der Waals surface area contributed by atoms with Crippen molar-refractivity contribution in [2.45, 2.75) is 32.1 Å². The Morgan fingerprint density at radius 3 is 3.33 bits per heavy atom. The van der Waals surface area contributed by atoms with Gasteiger partial charge in [-0.2, -0.15) is 0 Å². The molecule has 80 valence electrons. The van der Waals surface area contributed by atoms with Crippen molar-refractivity contribution in [1.29, 1.82) is 0 Å². The van der Waals surface area contributed by atoms with E-state index in [1.807, 2.05) is 11.3 Å². The van der Waals surface area contributed by atoms with Crippen molar-refractivity contribution in [3.63, 3.8) is 0 Å². The van der Waals surface area contributed by atoms with Gasteiger partial charge in [-0.25, -0.2) is 4.98 Å². The van der Waals surface area contributed by atoms with E-state index in [-0.39, 0.29) is 0 Å². The van der Waals surface area contributed by atoms with Gasteiger partial charge in [0.25, 0.3) is 0 Å². The molecular formula is C11H13ClN2S. The summed E-state index contributed by atoms with van der Waals surface area (Å²) >= 11 is 7.62. The predicted molar refractivity (Wildman–Crippen MR) is 63.8 cm³/mol. The number of thiazole rings is 1. The minimum atomic E-state index is 0.513. The molecule has 2 heterocycles. The van der Waals surface area contributed by atoms with Crippen LogP contribution in [-0.4, -0.2) is 9.38 Å². The highest BCUT2D eigenvalue weighted by molar-refractivity contribution is 7.17. The fourth-order valence-corrected chi connectivity index (χ4v) is 3.72. The number of alkyl halides is 1. The molecular weight excluding hydrogens is 228 g/mol. The van der Waals surface area contributed by atoms with Crippen molar-refractivity contribution in [2.75, 3.05) is 0 Å². The monoisotopic (exact) mass is 240 g/mol. The molecule has 0 radical (unpaired) electrons. The van der Waals surface area contributed by atoms with Crippen molar-refractivity contribution in [1.82, 2.24) is 9.38 Å². The second kappa shape index (κ2) is 3.49. The molecule has 4 heteroatoms. The van der Waals surface area contributed by atoms with E-state index in [0.29, 0.717) is 5.88 Å². The van der Waals surface area contributed by atoms with Crippen LogP contribution in [0.25, 0.3) is 4.96 Å². The summed E-state index contributed by atoms with van der Waals surface area (Å²) in [6.45, 7) is 2.33. The molecule has 0 amide bonds. The van der Waals surface area contributed by atoms with Crippen molar-refractivity contribution < 1.29 is 0 Å². The maximum Gasteiger partial charge on any atom is 0.194 e. The Balaban J connectivity index is 2.14. The van der Waals surface area contributed by atoms with Crippen molar-refractivity contribution in [3.8, 4) is 0 Å². The molecule has 15 heavy (non-hydrogen) atoms. The van der Waals surface area contributed by atoms with Crippen molar-refractivity contribution >= 4 is 27.9 Å². The van der Waals surface area contributed by atoms with E-state index in [4.69, 9.17) is 11.6 Å². The second-order valence-corrected chi connectivity index (χ2v) is 5.67. The average molecular weight is 241 g/mol. The first-order valence-corrected chi connectivity index (χ1v) is 6.67. The number of rotatable bonds is 1. The lowest BCUT2D eigenvalue weighted by Crippen LogP contribution is -2.10. The number of halogens is 1. The van der Waals surface area contributed by atoms with Crippen molar-refractivity contribution in [3.05, 3.63) is 22.5 Å². The van der Waals surface area contributed by atoms with Gasteiger partial charge in [0, 0.05) is 16.8 Å². The van der Waals surface area contributed by atoms with Gasteiger partial charge in [0.15, 0.2) is 4.96 Å². The van der Waals surface area contributed by atoms with Crippen molar-refractivity contribution in [2.24, 2.45) is 5.92 Å². The summed E-state index contributed by atoms with van der Waals surface area (Å²) in [7, 11) is 0. The first-order chi connectivity index (χ1) is 7.28. The Kier molecular flexibility index (Phi) is 2.25. The smallest absolute Gasteiger partial charge is 0.194 e. The number of aromatic nitrogens is 2. The van der Waals surface area contributed by atoms with Gasteiger partial charge >= 0.3 is 0 Å². The largest absolute Gasteiger partial charge is 0.294 e. The Hall–Kier alpha value is -0.540. The Bertz CT molecular complexity index is 500. The third kappa shape index (κ3) is 1.49. The van der Waals surface area contributed by atoms with Crippen LogP contribution in [0.5, 0.6) is 0 Å². The molecule has 0 aliphatic heterocycles. The van der Waals surface area contributed by atoms with Crippen LogP contribution in [0.15, 0.2) is 6.20 Å². The Morgan fingerprint density at radius 1 is 1.67 bits per heavy atom. The molecule has 0 bridgehead atoms. The third-order valence-corrected chi connectivity index (χ3v) is 4.49. The summed E-state index contributed by atoms with van der Waals surface area (Å²) in [4.78, 5) is 7.15. The summed E-state index contributed by atoms with van der Waals surface area (Å²) in [5.74, 6) is 1.34. The highest BCUT2D eigenvalue weighted by atomic mass is 35.5. The molecule has 1 aliphatic rings. The van der Waals surface area contributed by atoms with Crippen LogP contribution in [0.4, 0.5) is 0 Å². The highest BCUT2D eigenvalue weighted by Gasteiger charge is 2.21. The lowest BCUT2D eigenvalue weighted by atomic mass is 9.93. The van der Waals surface area contributed by atoms with Crippen LogP contribution < -0.4 is 0 Å². The fourth-order valence-electron chi connectivity index (χ4n) is 2.26. The molecule has 1 atom stereocenters. The van der Waals surface area contributed by atoms with Crippen LogP contribution in [0.1, 0.15) is 29.6 Å². The molecule has 0 saturated carbocycles. The summed E-state index contributed by atoms with van der Waals surface area (Å²) < 4.78 is 2.24. The van der Waals surface area contributed by atoms with Crippen LogP contribution >= 0.6 is 22.9 Å². The zero-order chi connectivity index (χ0) is 10.4.